The Hall–Kier alpha value is -2.24. The van der Waals surface area contributed by atoms with E-state index in [-0.39, 0.29) is 0 Å². The monoisotopic (exact) mass is 298 g/mol. The third-order valence-corrected chi connectivity index (χ3v) is 3.14. The van der Waals surface area contributed by atoms with Gasteiger partial charge in [0, 0.05) is 0 Å². The predicted molar refractivity (Wildman–Crippen MR) is 89.4 cm³/mol. The molecule has 0 unspecified atom stereocenters. The molecule has 4 nitrogen and oxygen atoms in total. The van der Waals surface area contributed by atoms with E-state index in [9.17, 15) is 10.0 Å². The quantitative estimate of drug-likeness (QED) is 0.632. The molecule has 0 aliphatic carbocycles. The number of rotatable bonds is 6. The molecule has 5 heteroatoms. The number of hydrogen-bond donors (Lipinski definition) is 2. The van der Waals surface area contributed by atoms with Gasteiger partial charge in [-0.3, -0.25) is 0 Å². The van der Waals surface area contributed by atoms with Crippen LogP contribution < -0.4 is 14.9 Å². The van der Waals surface area contributed by atoms with Crippen LogP contribution in [0.1, 0.15) is 18.1 Å². The van der Waals surface area contributed by atoms with E-state index in [1.807, 2.05) is 49.4 Å². The Morgan fingerprint density at radius 2 is 1.64 bits per heavy atom. The van der Waals surface area contributed by atoms with Gasteiger partial charge in [0.2, 0.25) is 0 Å². The summed E-state index contributed by atoms with van der Waals surface area (Å²) in [5, 5.41) is 18.6. The summed E-state index contributed by atoms with van der Waals surface area (Å²) >= 11 is 0. The van der Waals surface area contributed by atoms with Crippen molar-refractivity contribution in [2.45, 2.75) is 6.92 Å². The summed E-state index contributed by atoms with van der Waals surface area (Å²) in [4.78, 5) is 0. The first kappa shape index (κ1) is 16.1. The summed E-state index contributed by atoms with van der Waals surface area (Å²) in [7, 11) is 0.0238. The van der Waals surface area contributed by atoms with Crippen LogP contribution in [-0.4, -0.2) is 30.9 Å². The van der Waals surface area contributed by atoms with Crippen molar-refractivity contribution < 1.29 is 19.5 Å². The van der Waals surface area contributed by atoms with Gasteiger partial charge in [-0.15, -0.1) is 0 Å². The molecule has 22 heavy (non-hydrogen) atoms. The lowest BCUT2D eigenvalue weighted by Crippen LogP contribution is -2.29. The molecule has 2 aromatic carbocycles. The van der Waals surface area contributed by atoms with Crippen LogP contribution in [0.4, 0.5) is 0 Å². The lowest BCUT2D eigenvalue weighted by molar-refractivity contribution is 0.340. The Morgan fingerprint density at radius 1 is 0.955 bits per heavy atom. The zero-order valence-corrected chi connectivity index (χ0v) is 12.7. The highest BCUT2D eigenvalue weighted by Gasteiger charge is 2.12. The van der Waals surface area contributed by atoms with Crippen molar-refractivity contribution >= 4 is 24.7 Å². The Balaban J connectivity index is 2.19. The first-order valence-electron chi connectivity index (χ1n) is 7.08. The normalized spacial score (nSPS) is 10.7. The molecule has 0 fully saturated rings. The maximum Gasteiger partial charge on any atom is 0.488 e. The molecular weight excluding hydrogens is 279 g/mol. The van der Waals surface area contributed by atoms with Gasteiger partial charge < -0.3 is 19.5 Å². The SMILES string of the molecule is CCOc1ccc(C=Cc2cc(OC)cc(B(O)O)c2)cc1. The minimum Gasteiger partial charge on any atom is -0.497 e. The molecular formula is C17H19BO4. The molecule has 0 aromatic heterocycles. The molecule has 0 saturated heterocycles. The van der Waals surface area contributed by atoms with E-state index in [0.29, 0.717) is 17.8 Å². The zero-order chi connectivity index (χ0) is 15.9. The molecule has 2 rings (SSSR count). The minimum atomic E-state index is -1.52. The maximum atomic E-state index is 9.30. The van der Waals surface area contributed by atoms with Gasteiger partial charge in [-0.25, -0.2) is 0 Å². The van der Waals surface area contributed by atoms with Crippen LogP contribution in [0, 0.1) is 0 Å². The molecule has 0 saturated carbocycles. The smallest absolute Gasteiger partial charge is 0.488 e. The number of ether oxygens (including phenoxy) is 2. The summed E-state index contributed by atoms with van der Waals surface area (Å²) in [6.07, 6.45) is 3.84. The molecule has 0 atom stereocenters. The van der Waals surface area contributed by atoms with Gasteiger partial charge in [-0.05, 0) is 47.8 Å². The molecule has 2 aromatic rings. The summed E-state index contributed by atoms with van der Waals surface area (Å²) in [6.45, 7) is 2.59. The van der Waals surface area contributed by atoms with Crippen molar-refractivity contribution in [1.29, 1.82) is 0 Å². The molecule has 0 radical (unpaired) electrons. The second-order valence-electron chi connectivity index (χ2n) is 4.75. The third kappa shape index (κ3) is 4.38. The van der Waals surface area contributed by atoms with Crippen molar-refractivity contribution in [2.24, 2.45) is 0 Å². The van der Waals surface area contributed by atoms with Crippen LogP contribution >= 0.6 is 0 Å². The Bertz CT molecular complexity index is 636. The van der Waals surface area contributed by atoms with Gasteiger partial charge in [0.25, 0.3) is 0 Å². The molecule has 0 spiro atoms. The molecule has 2 N–H and O–H groups in total. The van der Waals surface area contributed by atoms with Crippen LogP contribution in [0.3, 0.4) is 0 Å². The van der Waals surface area contributed by atoms with Crippen LogP contribution in [0.2, 0.25) is 0 Å². The minimum absolute atomic E-state index is 0.394. The second-order valence-corrected chi connectivity index (χ2v) is 4.75. The third-order valence-electron chi connectivity index (χ3n) is 3.14. The van der Waals surface area contributed by atoms with Crippen LogP contribution in [0.15, 0.2) is 42.5 Å². The van der Waals surface area contributed by atoms with Gasteiger partial charge in [0.1, 0.15) is 11.5 Å². The fourth-order valence-corrected chi connectivity index (χ4v) is 2.04. The van der Waals surface area contributed by atoms with Crippen LogP contribution in [0.5, 0.6) is 11.5 Å². The average Bonchev–Trinajstić information content (AvgIpc) is 2.54. The van der Waals surface area contributed by atoms with Gasteiger partial charge >= 0.3 is 7.12 Å². The van der Waals surface area contributed by atoms with E-state index in [2.05, 4.69) is 0 Å². The summed E-state index contributed by atoms with van der Waals surface area (Å²) < 4.78 is 10.6. The van der Waals surface area contributed by atoms with E-state index in [1.165, 1.54) is 0 Å². The second kappa shape index (κ2) is 7.68. The highest BCUT2D eigenvalue weighted by molar-refractivity contribution is 6.58. The first-order chi connectivity index (χ1) is 10.6. The summed E-state index contributed by atoms with van der Waals surface area (Å²) in [5.41, 5.74) is 2.25. The van der Waals surface area contributed by atoms with Gasteiger partial charge in [-0.1, -0.05) is 30.4 Å². The van der Waals surface area contributed by atoms with Crippen molar-refractivity contribution in [2.75, 3.05) is 13.7 Å². The van der Waals surface area contributed by atoms with E-state index < -0.39 is 7.12 Å². The van der Waals surface area contributed by atoms with Crippen molar-refractivity contribution in [3.05, 3.63) is 53.6 Å². The standard InChI is InChI=1S/C17H19BO4/c1-3-22-16-8-6-13(7-9-16)4-5-14-10-15(18(19)20)12-17(11-14)21-2/h4-12,19-20H,3H2,1-2H3. The first-order valence-corrected chi connectivity index (χ1v) is 7.08. The lowest BCUT2D eigenvalue weighted by atomic mass is 9.79. The summed E-state index contributed by atoms with van der Waals surface area (Å²) in [6, 6.07) is 12.9. The Morgan fingerprint density at radius 3 is 2.23 bits per heavy atom. The van der Waals surface area contributed by atoms with Crippen LogP contribution in [0.25, 0.3) is 12.2 Å². The van der Waals surface area contributed by atoms with Gasteiger partial charge in [0.15, 0.2) is 0 Å². The Labute approximate surface area is 130 Å². The molecule has 0 aliphatic heterocycles. The maximum absolute atomic E-state index is 9.30. The zero-order valence-electron chi connectivity index (χ0n) is 12.7. The molecule has 114 valence electrons. The van der Waals surface area contributed by atoms with E-state index in [0.717, 1.165) is 16.9 Å². The molecule has 0 aliphatic rings. The van der Waals surface area contributed by atoms with Crippen molar-refractivity contribution in [3.63, 3.8) is 0 Å². The van der Waals surface area contributed by atoms with Crippen LogP contribution in [-0.2, 0) is 0 Å². The highest BCUT2D eigenvalue weighted by atomic mass is 16.5. The molecule has 0 heterocycles. The van der Waals surface area contributed by atoms with E-state index in [1.54, 1.807) is 19.2 Å². The fraction of sp³-hybridized carbons (Fsp3) is 0.176. The lowest BCUT2D eigenvalue weighted by Gasteiger charge is -2.06. The van der Waals surface area contributed by atoms with E-state index >= 15 is 0 Å². The number of methoxy groups -OCH3 is 1. The topological polar surface area (TPSA) is 58.9 Å². The Kier molecular flexibility index (Phi) is 5.64. The molecule has 0 bridgehead atoms. The highest BCUT2D eigenvalue weighted by Crippen LogP contribution is 2.16. The fourth-order valence-electron chi connectivity index (χ4n) is 2.04. The van der Waals surface area contributed by atoms with Crippen molar-refractivity contribution in [3.8, 4) is 11.5 Å². The average molecular weight is 298 g/mol. The summed E-state index contributed by atoms with van der Waals surface area (Å²) in [5.74, 6) is 1.42. The van der Waals surface area contributed by atoms with Gasteiger partial charge in [-0.2, -0.15) is 0 Å². The number of benzene rings is 2. The predicted octanol–water partition coefficient (Wildman–Crippen LogP) is 1.94. The molecule has 0 amide bonds. The van der Waals surface area contributed by atoms with Gasteiger partial charge in [0.05, 0.1) is 13.7 Å². The van der Waals surface area contributed by atoms with Crippen molar-refractivity contribution in [1.82, 2.24) is 0 Å². The largest absolute Gasteiger partial charge is 0.497 e. The number of hydrogen-bond acceptors (Lipinski definition) is 4. The van der Waals surface area contributed by atoms with E-state index in [4.69, 9.17) is 9.47 Å².